The molecule has 1 heterocycles. The third-order valence-corrected chi connectivity index (χ3v) is 2.94. The molecule has 3 rings (SSSR count). The molecule has 0 amide bonds. The van der Waals surface area contributed by atoms with Gasteiger partial charge in [-0.05, 0) is 29.8 Å². The zero-order valence-corrected chi connectivity index (χ0v) is 9.83. The maximum Gasteiger partial charge on any atom is 0.200 e. The first kappa shape index (κ1) is 11.3. The molecule has 0 aliphatic heterocycles. The van der Waals surface area contributed by atoms with E-state index in [2.05, 4.69) is 0 Å². The monoisotopic (exact) mass is 257 g/mol. The van der Waals surface area contributed by atoms with Gasteiger partial charge in [0.2, 0.25) is 0 Å². The Morgan fingerprint density at radius 1 is 0.895 bits per heavy atom. The summed E-state index contributed by atoms with van der Waals surface area (Å²) in [6.45, 7) is 0. The summed E-state index contributed by atoms with van der Waals surface area (Å²) in [7, 11) is 0. The van der Waals surface area contributed by atoms with Gasteiger partial charge in [-0.2, -0.15) is 0 Å². The highest BCUT2D eigenvalue weighted by Gasteiger charge is 2.09. The summed E-state index contributed by atoms with van der Waals surface area (Å²) in [6.07, 6.45) is 1.36. The van der Waals surface area contributed by atoms with Crippen LogP contribution in [0.5, 0.6) is 11.5 Å². The van der Waals surface area contributed by atoms with E-state index in [0.717, 1.165) is 0 Å². The molecule has 0 saturated carbocycles. The van der Waals surface area contributed by atoms with Crippen LogP contribution in [0, 0.1) is 0 Å². The van der Waals surface area contributed by atoms with Gasteiger partial charge in [-0.3, -0.25) is 4.79 Å². The third-order valence-electron chi connectivity index (χ3n) is 2.94. The fraction of sp³-hybridized carbons (Fsp3) is 0. The first-order chi connectivity index (χ1) is 9.15. The van der Waals surface area contributed by atoms with E-state index in [9.17, 15) is 15.0 Å². The van der Waals surface area contributed by atoms with Crippen molar-refractivity contribution in [3.05, 3.63) is 59.0 Å². The van der Waals surface area contributed by atoms with Crippen LogP contribution in [-0.2, 0) is 0 Å². The molecule has 94 valence electrons. The van der Waals surface area contributed by atoms with Gasteiger partial charge in [-0.15, -0.1) is 0 Å². The zero-order valence-electron chi connectivity index (χ0n) is 9.83. The standard InChI is InChI=1S/C15H10O4/c16-10-3-1-9(2-4-10)13-8-19-14-7-11(17)5-6-12(14)15(13)18/h1-8,16-17H/i5+1,7+1,11+1. The molecule has 0 fully saturated rings. The molecule has 0 aliphatic carbocycles. The van der Waals surface area contributed by atoms with E-state index in [1.54, 1.807) is 12.1 Å². The number of phenolic OH excluding ortho intramolecular Hbond substituents is 2. The predicted octanol–water partition coefficient (Wildman–Crippen LogP) is 2.87. The Morgan fingerprint density at radius 3 is 2.32 bits per heavy atom. The van der Waals surface area contributed by atoms with Crippen LogP contribution in [0.25, 0.3) is 22.1 Å². The Bertz CT molecular complexity index is 800. The lowest BCUT2D eigenvalue weighted by Gasteiger charge is -2.03. The van der Waals surface area contributed by atoms with Gasteiger partial charge >= 0.3 is 0 Å². The Morgan fingerprint density at radius 2 is 1.58 bits per heavy atom. The minimum atomic E-state index is -0.174. The summed E-state index contributed by atoms with van der Waals surface area (Å²) >= 11 is 0. The van der Waals surface area contributed by atoms with Crippen molar-refractivity contribution in [3.63, 3.8) is 0 Å². The molecule has 2 N–H and O–H groups in total. The SMILES string of the molecule is O=c1c(-c2ccc(O)cc2)coc2[13cH][13c](O)[13cH]cc12. The van der Waals surface area contributed by atoms with Crippen molar-refractivity contribution in [2.75, 3.05) is 0 Å². The number of aromatic hydroxyl groups is 2. The molecular formula is C15H10O4. The van der Waals surface area contributed by atoms with Gasteiger partial charge in [0.1, 0.15) is 23.3 Å². The van der Waals surface area contributed by atoms with E-state index in [1.165, 1.54) is 36.6 Å². The Hall–Kier alpha value is -2.75. The van der Waals surface area contributed by atoms with Gasteiger partial charge in [0.05, 0.1) is 10.9 Å². The van der Waals surface area contributed by atoms with Gasteiger partial charge in [-0.1, -0.05) is 12.1 Å². The highest BCUT2D eigenvalue weighted by atomic mass is 16.4. The minimum absolute atomic E-state index is 0.0491. The maximum atomic E-state index is 12.3. The fourth-order valence-electron chi connectivity index (χ4n) is 1.96. The smallest absolute Gasteiger partial charge is 0.200 e. The van der Waals surface area contributed by atoms with E-state index in [-0.39, 0.29) is 16.9 Å². The molecule has 1 aromatic heterocycles. The minimum Gasteiger partial charge on any atom is -0.508 e. The zero-order chi connectivity index (χ0) is 13.4. The lowest BCUT2D eigenvalue weighted by atomic mass is 10.1. The molecule has 0 unspecified atom stereocenters. The molecule has 4 nitrogen and oxygen atoms in total. The van der Waals surface area contributed by atoms with E-state index in [1.807, 2.05) is 0 Å². The third kappa shape index (κ3) is 1.93. The van der Waals surface area contributed by atoms with Crippen LogP contribution < -0.4 is 5.43 Å². The fourth-order valence-corrected chi connectivity index (χ4v) is 1.96. The van der Waals surface area contributed by atoms with Gasteiger partial charge in [0.15, 0.2) is 5.43 Å². The largest absolute Gasteiger partial charge is 0.508 e. The van der Waals surface area contributed by atoms with Crippen molar-refractivity contribution in [2.45, 2.75) is 0 Å². The maximum absolute atomic E-state index is 12.3. The Labute approximate surface area is 108 Å². The first-order valence-corrected chi connectivity index (χ1v) is 5.69. The van der Waals surface area contributed by atoms with Crippen LogP contribution in [0.3, 0.4) is 0 Å². The molecular weight excluding hydrogens is 247 g/mol. The van der Waals surface area contributed by atoms with Crippen LogP contribution in [0.4, 0.5) is 0 Å². The number of fused-ring (bicyclic) bond motifs is 1. The van der Waals surface area contributed by atoms with E-state index >= 15 is 0 Å². The molecule has 0 aliphatic rings. The molecule has 0 radical (unpaired) electrons. The summed E-state index contributed by atoms with van der Waals surface area (Å²) in [5, 5.41) is 19.0. The highest BCUT2D eigenvalue weighted by Crippen LogP contribution is 2.23. The van der Waals surface area contributed by atoms with Crippen molar-refractivity contribution in [1.82, 2.24) is 0 Å². The number of phenols is 2. The van der Waals surface area contributed by atoms with Gasteiger partial charge < -0.3 is 14.6 Å². The summed E-state index contributed by atoms with van der Waals surface area (Å²) in [5.74, 6) is 0.187. The summed E-state index contributed by atoms with van der Waals surface area (Å²) in [6, 6.07) is 10.7. The molecule has 0 spiro atoms. The summed E-state index contributed by atoms with van der Waals surface area (Å²) in [5.41, 5.74) is 1.25. The second-order valence-electron chi connectivity index (χ2n) is 4.21. The first-order valence-electron chi connectivity index (χ1n) is 5.69. The van der Waals surface area contributed by atoms with Crippen LogP contribution in [0.15, 0.2) is 57.9 Å². The molecule has 0 saturated heterocycles. The number of rotatable bonds is 1. The number of hydrogen-bond donors (Lipinski definition) is 2. The second kappa shape index (κ2) is 4.17. The molecule has 0 atom stereocenters. The van der Waals surface area contributed by atoms with E-state index in [0.29, 0.717) is 22.1 Å². The quantitative estimate of drug-likeness (QED) is 0.703. The topological polar surface area (TPSA) is 70.7 Å². The van der Waals surface area contributed by atoms with Crippen LogP contribution in [0.1, 0.15) is 0 Å². The lowest BCUT2D eigenvalue weighted by Crippen LogP contribution is -2.04. The highest BCUT2D eigenvalue weighted by molar-refractivity contribution is 5.82. The van der Waals surface area contributed by atoms with Gasteiger partial charge in [-0.25, -0.2) is 0 Å². The lowest BCUT2D eigenvalue weighted by molar-refractivity contribution is 0.473. The average Bonchev–Trinajstić information content (AvgIpc) is 2.40. The molecule has 4 heteroatoms. The molecule has 2 aromatic carbocycles. The van der Waals surface area contributed by atoms with Crippen LogP contribution in [-0.4, -0.2) is 10.2 Å². The van der Waals surface area contributed by atoms with Crippen LogP contribution in [0.2, 0.25) is 0 Å². The van der Waals surface area contributed by atoms with E-state index < -0.39 is 0 Å². The van der Waals surface area contributed by atoms with Crippen molar-refractivity contribution < 1.29 is 14.6 Å². The van der Waals surface area contributed by atoms with Gasteiger partial charge in [0.25, 0.3) is 0 Å². The number of hydrogen-bond acceptors (Lipinski definition) is 4. The molecule has 19 heavy (non-hydrogen) atoms. The summed E-state index contributed by atoms with van der Waals surface area (Å²) < 4.78 is 5.37. The summed E-state index contributed by atoms with van der Waals surface area (Å²) in [4.78, 5) is 12.3. The molecule has 0 bridgehead atoms. The second-order valence-corrected chi connectivity index (χ2v) is 4.21. The van der Waals surface area contributed by atoms with Gasteiger partial charge in [0, 0.05) is 6.07 Å². The van der Waals surface area contributed by atoms with E-state index in [4.69, 9.17) is 4.42 Å². The van der Waals surface area contributed by atoms with Crippen molar-refractivity contribution in [3.8, 4) is 22.6 Å². The van der Waals surface area contributed by atoms with Crippen molar-refractivity contribution in [1.29, 1.82) is 0 Å². The Kier molecular flexibility index (Phi) is 2.49. The normalized spacial score (nSPS) is 10.7. The van der Waals surface area contributed by atoms with Crippen molar-refractivity contribution >= 4 is 11.0 Å². The van der Waals surface area contributed by atoms with Crippen molar-refractivity contribution in [2.24, 2.45) is 0 Å². The number of benzene rings is 2. The van der Waals surface area contributed by atoms with Crippen LogP contribution >= 0.6 is 0 Å². The Balaban J connectivity index is 2.26. The average molecular weight is 257 g/mol. The molecule has 3 aromatic rings. The predicted molar refractivity (Wildman–Crippen MR) is 71.2 cm³/mol.